The van der Waals surface area contributed by atoms with Gasteiger partial charge in [0.05, 0.1) is 0 Å². The molecule has 1 heterocycles. The summed E-state index contributed by atoms with van der Waals surface area (Å²) in [6, 6.07) is 7.50. The molecule has 1 saturated heterocycles. The standard InChI is InChI=1S/C12H17ClN2O/c13-10-2-1-3-11(6-10)16-8-12(14)9-4-5-15-7-9/h1-3,6,9,12,15H,4-5,7-8,14H2. The van der Waals surface area contributed by atoms with Crippen LogP contribution in [0.5, 0.6) is 5.75 Å². The Hall–Kier alpha value is -0.770. The van der Waals surface area contributed by atoms with Crippen molar-refractivity contribution in [2.45, 2.75) is 12.5 Å². The highest BCUT2D eigenvalue weighted by atomic mass is 35.5. The van der Waals surface area contributed by atoms with Crippen molar-refractivity contribution in [3.05, 3.63) is 29.3 Å². The molecule has 0 spiro atoms. The summed E-state index contributed by atoms with van der Waals surface area (Å²) in [6.45, 7) is 2.61. The van der Waals surface area contributed by atoms with Gasteiger partial charge in [0.25, 0.3) is 0 Å². The molecular weight excluding hydrogens is 224 g/mol. The molecule has 0 amide bonds. The van der Waals surface area contributed by atoms with Crippen LogP contribution in [0.2, 0.25) is 5.02 Å². The van der Waals surface area contributed by atoms with Crippen LogP contribution >= 0.6 is 11.6 Å². The zero-order chi connectivity index (χ0) is 11.4. The number of nitrogens with one attached hydrogen (secondary N) is 1. The summed E-state index contributed by atoms with van der Waals surface area (Å²) in [4.78, 5) is 0. The zero-order valence-corrected chi connectivity index (χ0v) is 9.91. The summed E-state index contributed by atoms with van der Waals surface area (Å²) < 4.78 is 5.62. The largest absolute Gasteiger partial charge is 0.492 e. The molecule has 1 aromatic rings. The molecule has 0 radical (unpaired) electrons. The Labute approximate surface area is 101 Å². The summed E-state index contributed by atoms with van der Waals surface area (Å²) in [6.07, 6.45) is 1.14. The predicted octanol–water partition coefficient (Wildman–Crippen LogP) is 1.66. The zero-order valence-electron chi connectivity index (χ0n) is 9.16. The van der Waals surface area contributed by atoms with Gasteiger partial charge in [-0.05, 0) is 43.6 Å². The molecule has 4 heteroatoms. The van der Waals surface area contributed by atoms with E-state index in [-0.39, 0.29) is 6.04 Å². The fraction of sp³-hybridized carbons (Fsp3) is 0.500. The van der Waals surface area contributed by atoms with Crippen LogP contribution < -0.4 is 15.8 Å². The second-order valence-corrected chi connectivity index (χ2v) is 4.62. The van der Waals surface area contributed by atoms with E-state index in [0.717, 1.165) is 25.3 Å². The quantitative estimate of drug-likeness (QED) is 0.842. The lowest BCUT2D eigenvalue weighted by atomic mass is 10.0. The number of benzene rings is 1. The third kappa shape index (κ3) is 3.11. The molecule has 0 aliphatic carbocycles. The summed E-state index contributed by atoms with van der Waals surface area (Å²) in [5.74, 6) is 1.31. The van der Waals surface area contributed by atoms with Crippen molar-refractivity contribution in [2.75, 3.05) is 19.7 Å². The maximum Gasteiger partial charge on any atom is 0.120 e. The molecule has 0 aromatic heterocycles. The minimum Gasteiger partial charge on any atom is -0.492 e. The molecule has 2 unspecified atom stereocenters. The van der Waals surface area contributed by atoms with Crippen LogP contribution in [-0.4, -0.2) is 25.7 Å². The van der Waals surface area contributed by atoms with Crippen molar-refractivity contribution in [1.29, 1.82) is 0 Å². The number of hydrogen-bond donors (Lipinski definition) is 2. The first-order valence-electron chi connectivity index (χ1n) is 5.60. The smallest absolute Gasteiger partial charge is 0.120 e. The van der Waals surface area contributed by atoms with Crippen LogP contribution in [0, 0.1) is 5.92 Å². The molecule has 2 atom stereocenters. The number of hydrogen-bond acceptors (Lipinski definition) is 3. The summed E-state index contributed by atoms with van der Waals surface area (Å²) in [5, 5.41) is 3.99. The van der Waals surface area contributed by atoms with E-state index in [2.05, 4.69) is 5.32 Å². The summed E-state index contributed by atoms with van der Waals surface area (Å²) >= 11 is 5.87. The van der Waals surface area contributed by atoms with Crippen LogP contribution in [0.25, 0.3) is 0 Å². The van der Waals surface area contributed by atoms with E-state index < -0.39 is 0 Å². The Kier molecular flexibility index (Phi) is 4.04. The summed E-state index contributed by atoms with van der Waals surface area (Å²) in [7, 11) is 0. The van der Waals surface area contributed by atoms with Gasteiger partial charge in [0.15, 0.2) is 0 Å². The Bertz CT molecular complexity index is 340. The average molecular weight is 241 g/mol. The Morgan fingerprint density at radius 1 is 1.56 bits per heavy atom. The van der Waals surface area contributed by atoms with Crippen molar-refractivity contribution in [3.8, 4) is 5.75 Å². The minimum atomic E-state index is 0.0916. The number of rotatable bonds is 4. The van der Waals surface area contributed by atoms with Crippen molar-refractivity contribution in [3.63, 3.8) is 0 Å². The van der Waals surface area contributed by atoms with Crippen LogP contribution in [-0.2, 0) is 0 Å². The van der Waals surface area contributed by atoms with E-state index in [1.807, 2.05) is 18.2 Å². The van der Waals surface area contributed by atoms with Crippen LogP contribution in [0.3, 0.4) is 0 Å². The van der Waals surface area contributed by atoms with Gasteiger partial charge in [-0.3, -0.25) is 0 Å². The molecular formula is C12H17ClN2O. The monoisotopic (exact) mass is 240 g/mol. The third-order valence-electron chi connectivity index (χ3n) is 2.94. The highest BCUT2D eigenvalue weighted by molar-refractivity contribution is 6.30. The van der Waals surface area contributed by atoms with Gasteiger partial charge < -0.3 is 15.8 Å². The van der Waals surface area contributed by atoms with Crippen LogP contribution in [0.15, 0.2) is 24.3 Å². The molecule has 3 nitrogen and oxygen atoms in total. The topological polar surface area (TPSA) is 47.3 Å². The van der Waals surface area contributed by atoms with Crippen LogP contribution in [0.1, 0.15) is 6.42 Å². The average Bonchev–Trinajstić information content (AvgIpc) is 2.79. The van der Waals surface area contributed by atoms with E-state index >= 15 is 0 Å². The molecule has 1 aliphatic rings. The van der Waals surface area contributed by atoms with Gasteiger partial charge in [-0.2, -0.15) is 0 Å². The fourth-order valence-electron chi connectivity index (χ4n) is 1.93. The lowest BCUT2D eigenvalue weighted by Crippen LogP contribution is -2.37. The van der Waals surface area contributed by atoms with Gasteiger partial charge in [-0.25, -0.2) is 0 Å². The normalized spacial score (nSPS) is 22.0. The van der Waals surface area contributed by atoms with Crippen molar-refractivity contribution in [1.82, 2.24) is 5.32 Å². The third-order valence-corrected chi connectivity index (χ3v) is 3.18. The molecule has 0 saturated carbocycles. The minimum absolute atomic E-state index is 0.0916. The SMILES string of the molecule is NC(COc1cccc(Cl)c1)C1CCNC1. The lowest BCUT2D eigenvalue weighted by molar-refractivity contribution is 0.252. The van der Waals surface area contributed by atoms with E-state index in [1.54, 1.807) is 6.07 Å². The second-order valence-electron chi connectivity index (χ2n) is 4.19. The number of halogens is 1. The Morgan fingerprint density at radius 3 is 3.12 bits per heavy atom. The maximum absolute atomic E-state index is 6.07. The molecule has 1 aliphatic heterocycles. The highest BCUT2D eigenvalue weighted by Gasteiger charge is 2.21. The van der Waals surface area contributed by atoms with E-state index in [4.69, 9.17) is 22.1 Å². The number of nitrogens with two attached hydrogens (primary N) is 1. The van der Waals surface area contributed by atoms with Crippen molar-refractivity contribution in [2.24, 2.45) is 11.7 Å². The van der Waals surface area contributed by atoms with Gasteiger partial charge in [-0.15, -0.1) is 0 Å². The first kappa shape index (κ1) is 11.7. The summed E-state index contributed by atoms with van der Waals surface area (Å²) in [5.41, 5.74) is 6.07. The molecule has 88 valence electrons. The van der Waals surface area contributed by atoms with Crippen molar-refractivity contribution < 1.29 is 4.74 Å². The van der Waals surface area contributed by atoms with Gasteiger partial charge in [0.2, 0.25) is 0 Å². The van der Waals surface area contributed by atoms with Crippen molar-refractivity contribution >= 4 is 11.6 Å². The predicted molar refractivity (Wildman–Crippen MR) is 65.9 cm³/mol. The number of ether oxygens (including phenoxy) is 1. The van der Waals surface area contributed by atoms with Gasteiger partial charge >= 0.3 is 0 Å². The Morgan fingerprint density at radius 2 is 2.44 bits per heavy atom. The fourth-order valence-corrected chi connectivity index (χ4v) is 2.11. The molecule has 1 aromatic carbocycles. The van der Waals surface area contributed by atoms with E-state index in [0.29, 0.717) is 17.5 Å². The van der Waals surface area contributed by atoms with Gasteiger partial charge in [-0.1, -0.05) is 17.7 Å². The lowest BCUT2D eigenvalue weighted by Gasteiger charge is -2.18. The first-order chi connectivity index (χ1) is 7.75. The first-order valence-corrected chi connectivity index (χ1v) is 5.98. The van der Waals surface area contributed by atoms with Gasteiger partial charge in [0, 0.05) is 11.1 Å². The highest BCUT2D eigenvalue weighted by Crippen LogP contribution is 2.18. The second kappa shape index (κ2) is 5.53. The molecule has 16 heavy (non-hydrogen) atoms. The molecule has 1 fully saturated rings. The molecule has 2 rings (SSSR count). The van der Waals surface area contributed by atoms with Crippen LogP contribution in [0.4, 0.5) is 0 Å². The molecule has 3 N–H and O–H groups in total. The maximum atomic E-state index is 6.07. The Balaban J connectivity index is 1.82. The van der Waals surface area contributed by atoms with Gasteiger partial charge in [0.1, 0.15) is 12.4 Å². The molecule has 0 bridgehead atoms. The van der Waals surface area contributed by atoms with E-state index in [9.17, 15) is 0 Å². The van der Waals surface area contributed by atoms with E-state index in [1.165, 1.54) is 0 Å².